The van der Waals surface area contributed by atoms with E-state index in [0.29, 0.717) is 30.4 Å². The molecule has 0 atom stereocenters. The molecule has 2 amide bonds. The van der Waals surface area contributed by atoms with Crippen molar-refractivity contribution < 1.29 is 27.5 Å². The lowest BCUT2D eigenvalue weighted by molar-refractivity contribution is -0.114. The molecule has 0 radical (unpaired) electrons. The van der Waals surface area contributed by atoms with Gasteiger partial charge in [0, 0.05) is 24.2 Å². The molecule has 0 saturated heterocycles. The highest BCUT2D eigenvalue weighted by Gasteiger charge is 2.22. The van der Waals surface area contributed by atoms with Crippen LogP contribution in [0.3, 0.4) is 0 Å². The van der Waals surface area contributed by atoms with E-state index in [1.54, 1.807) is 6.07 Å². The Kier molecular flexibility index (Phi) is 4.81. The van der Waals surface area contributed by atoms with E-state index in [4.69, 9.17) is 9.47 Å². The van der Waals surface area contributed by atoms with E-state index in [2.05, 4.69) is 5.32 Å². The second kappa shape index (κ2) is 7.04. The second-order valence-corrected chi connectivity index (χ2v) is 7.18. The number of sulfonamides is 1. The zero-order valence-electron chi connectivity index (χ0n) is 13.8. The monoisotopic (exact) mass is 376 g/mol. The number of nitrogens with one attached hydrogen (secondary N) is 2. The molecule has 0 bridgehead atoms. The van der Waals surface area contributed by atoms with Crippen LogP contribution in [-0.4, -0.2) is 33.4 Å². The SMILES string of the molecule is CC(=O)Nc1cccc(C(=O)NS(=O)(=O)c2ccc3c(c2)OCCO3)c1. The number of rotatable bonds is 4. The summed E-state index contributed by atoms with van der Waals surface area (Å²) >= 11 is 0. The fourth-order valence-electron chi connectivity index (χ4n) is 2.37. The molecule has 2 aromatic carbocycles. The first-order valence-corrected chi connectivity index (χ1v) is 9.18. The van der Waals surface area contributed by atoms with E-state index in [9.17, 15) is 18.0 Å². The first-order valence-electron chi connectivity index (χ1n) is 7.69. The summed E-state index contributed by atoms with van der Waals surface area (Å²) in [5.74, 6) is -0.359. The molecule has 1 heterocycles. The summed E-state index contributed by atoms with van der Waals surface area (Å²) < 4.78 is 37.6. The Balaban J connectivity index is 1.81. The molecule has 1 aliphatic rings. The first-order chi connectivity index (χ1) is 12.3. The largest absolute Gasteiger partial charge is 0.486 e. The van der Waals surface area contributed by atoms with Gasteiger partial charge in [0.1, 0.15) is 13.2 Å². The summed E-state index contributed by atoms with van der Waals surface area (Å²) in [6, 6.07) is 10.1. The van der Waals surface area contributed by atoms with Crippen molar-refractivity contribution >= 4 is 27.5 Å². The minimum atomic E-state index is -4.10. The number of hydrogen-bond acceptors (Lipinski definition) is 6. The molecule has 2 aromatic rings. The van der Waals surface area contributed by atoms with Crippen LogP contribution < -0.4 is 19.5 Å². The molecule has 0 aromatic heterocycles. The van der Waals surface area contributed by atoms with Crippen molar-refractivity contribution in [2.45, 2.75) is 11.8 Å². The molecule has 9 heteroatoms. The lowest BCUT2D eigenvalue weighted by Gasteiger charge is -2.18. The van der Waals surface area contributed by atoms with Gasteiger partial charge in [0.25, 0.3) is 15.9 Å². The van der Waals surface area contributed by atoms with E-state index in [0.717, 1.165) is 0 Å². The number of carbonyl (C=O) groups is 2. The normalized spacial score (nSPS) is 13.0. The molecule has 0 saturated carbocycles. The van der Waals surface area contributed by atoms with Crippen LogP contribution in [0.5, 0.6) is 11.5 Å². The van der Waals surface area contributed by atoms with Gasteiger partial charge in [0.2, 0.25) is 5.91 Å². The Hall–Kier alpha value is -3.07. The summed E-state index contributed by atoms with van der Waals surface area (Å²) in [5, 5.41) is 2.53. The van der Waals surface area contributed by atoms with E-state index in [1.807, 2.05) is 4.72 Å². The molecule has 0 aliphatic carbocycles. The Morgan fingerprint density at radius 1 is 1.00 bits per heavy atom. The lowest BCUT2D eigenvalue weighted by Crippen LogP contribution is -2.30. The van der Waals surface area contributed by atoms with Crippen molar-refractivity contribution in [2.24, 2.45) is 0 Å². The van der Waals surface area contributed by atoms with Crippen LogP contribution in [0.4, 0.5) is 5.69 Å². The predicted octanol–water partition coefficient (Wildman–Crippen LogP) is 1.53. The van der Waals surface area contributed by atoms with Crippen molar-refractivity contribution in [3.05, 3.63) is 48.0 Å². The molecule has 2 N–H and O–H groups in total. The number of amides is 2. The van der Waals surface area contributed by atoms with Gasteiger partial charge < -0.3 is 14.8 Å². The molecule has 8 nitrogen and oxygen atoms in total. The van der Waals surface area contributed by atoms with Gasteiger partial charge in [-0.3, -0.25) is 9.59 Å². The maximum Gasteiger partial charge on any atom is 0.265 e. The quantitative estimate of drug-likeness (QED) is 0.837. The van der Waals surface area contributed by atoms with Gasteiger partial charge >= 0.3 is 0 Å². The van der Waals surface area contributed by atoms with Gasteiger partial charge in [-0.2, -0.15) is 0 Å². The number of benzene rings is 2. The maximum absolute atomic E-state index is 12.5. The standard InChI is InChI=1S/C17H16N2O6S/c1-11(20)18-13-4-2-3-12(9-13)17(21)19-26(22,23)14-5-6-15-16(10-14)25-8-7-24-15/h2-6,9-10H,7-8H2,1H3,(H,18,20)(H,19,21). The molecule has 0 spiro atoms. The van der Waals surface area contributed by atoms with Crippen LogP contribution in [0.2, 0.25) is 0 Å². The van der Waals surface area contributed by atoms with Gasteiger partial charge in [0.15, 0.2) is 11.5 Å². The third-order valence-electron chi connectivity index (χ3n) is 3.50. The fourth-order valence-corrected chi connectivity index (χ4v) is 3.36. The summed E-state index contributed by atoms with van der Waals surface area (Å²) in [7, 11) is -4.10. The average molecular weight is 376 g/mol. The Bertz CT molecular complexity index is 971. The Morgan fingerprint density at radius 3 is 2.46 bits per heavy atom. The van der Waals surface area contributed by atoms with Crippen molar-refractivity contribution in [3.8, 4) is 11.5 Å². The molecule has 1 aliphatic heterocycles. The minimum Gasteiger partial charge on any atom is -0.486 e. The molecule has 3 rings (SSSR count). The summed E-state index contributed by atoms with van der Waals surface area (Å²) in [4.78, 5) is 23.3. The number of anilines is 1. The molecule has 0 fully saturated rings. The van der Waals surface area contributed by atoms with Gasteiger partial charge in [-0.05, 0) is 30.3 Å². The highest BCUT2D eigenvalue weighted by atomic mass is 32.2. The minimum absolute atomic E-state index is 0.0948. The summed E-state index contributed by atoms with van der Waals surface area (Å²) in [6.07, 6.45) is 0. The van der Waals surface area contributed by atoms with Gasteiger partial charge in [-0.15, -0.1) is 0 Å². The number of carbonyl (C=O) groups excluding carboxylic acids is 2. The lowest BCUT2D eigenvalue weighted by atomic mass is 10.2. The smallest absolute Gasteiger partial charge is 0.265 e. The van der Waals surface area contributed by atoms with Gasteiger partial charge in [-0.25, -0.2) is 13.1 Å². The Morgan fingerprint density at radius 2 is 1.73 bits per heavy atom. The highest BCUT2D eigenvalue weighted by Crippen LogP contribution is 2.32. The van der Waals surface area contributed by atoms with Crippen molar-refractivity contribution in [1.29, 1.82) is 0 Å². The third-order valence-corrected chi connectivity index (χ3v) is 4.82. The maximum atomic E-state index is 12.5. The topological polar surface area (TPSA) is 111 Å². The van der Waals surface area contributed by atoms with Gasteiger partial charge in [-0.1, -0.05) is 6.07 Å². The molecule has 26 heavy (non-hydrogen) atoms. The fraction of sp³-hybridized carbons (Fsp3) is 0.176. The predicted molar refractivity (Wildman–Crippen MR) is 92.8 cm³/mol. The van der Waals surface area contributed by atoms with Gasteiger partial charge in [0.05, 0.1) is 4.90 Å². The average Bonchev–Trinajstić information content (AvgIpc) is 2.60. The van der Waals surface area contributed by atoms with Crippen LogP contribution in [0.25, 0.3) is 0 Å². The number of fused-ring (bicyclic) bond motifs is 1. The van der Waals surface area contributed by atoms with E-state index < -0.39 is 15.9 Å². The zero-order valence-corrected chi connectivity index (χ0v) is 14.6. The van der Waals surface area contributed by atoms with Crippen LogP contribution >= 0.6 is 0 Å². The number of ether oxygens (including phenoxy) is 2. The van der Waals surface area contributed by atoms with Crippen molar-refractivity contribution in [2.75, 3.05) is 18.5 Å². The Labute approximate surface area is 150 Å². The highest BCUT2D eigenvalue weighted by molar-refractivity contribution is 7.90. The zero-order chi connectivity index (χ0) is 18.7. The van der Waals surface area contributed by atoms with Crippen LogP contribution in [0.15, 0.2) is 47.4 Å². The van der Waals surface area contributed by atoms with Crippen LogP contribution in [0, 0.1) is 0 Å². The first kappa shape index (κ1) is 17.7. The van der Waals surface area contributed by atoms with E-state index >= 15 is 0 Å². The molecule has 0 unspecified atom stereocenters. The molecule has 136 valence electrons. The molecular weight excluding hydrogens is 360 g/mol. The third kappa shape index (κ3) is 3.94. The number of hydrogen-bond donors (Lipinski definition) is 2. The summed E-state index contributed by atoms with van der Waals surface area (Å²) in [5.41, 5.74) is 0.485. The molecular formula is C17H16N2O6S. The van der Waals surface area contributed by atoms with Crippen LogP contribution in [-0.2, 0) is 14.8 Å². The van der Waals surface area contributed by atoms with E-state index in [1.165, 1.54) is 43.3 Å². The van der Waals surface area contributed by atoms with E-state index in [-0.39, 0.29) is 16.4 Å². The summed E-state index contributed by atoms with van der Waals surface area (Å²) in [6.45, 7) is 2.04. The second-order valence-electron chi connectivity index (χ2n) is 5.50. The van der Waals surface area contributed by atoms with Crippen LogP contribution in [0.1, 0.15) is 17.3 Å². The van der Waals surface area contributed by atoms with Crippen molar-refractivity contribution in [3.63, 3.8) is 0 Å². The van der Waals surface area contributed by atoms with Crippen molar-refractivity contribution in [1.82, 2.24) is 4.72 Å².